The molecule has 3 aromatic rings. The Morgan fingerprint density at radius 1 is 0.939 bits per heavy atom. The van der Waals surface area contributed by atoms with Crippen LogP contribution in [0.4, 0.5) is 15.9 Å². The Bertz CT molecular complexity index is 1380. The fourth-order valence-corrected chi connectivity index (χ4v) is 4.77. The zero-order valence-electron chi connectivity index (χ0n) is 17.9. The molecule has 2 aromatic carbocycles. The summed E-state index contributed by atoms with van der Waals surface area (Å²) in [4.78, 5) is 30.6. The van der Waals surface area contributed by atoms with E-state index in [0.29, 0.717) is 0 Å². The second kappa shape index (κ2) is 7.93. The fourth-order valence-electron chi connectivity index (χ4n) is 3.46. The molecular weight excluding hydrogens is 469 g/mol. The summed E-state index contributed by atoms with van der Waals surface area (Å²) in [5.41, 5.74) is 0.344. The third-order valence-electron chi connectivity index (χ3n) is 5.20. The number of hydrogen-bond acceptors (Lipinski definition) is 5. The van der Waals surface area contributed by atoms with Gasteiger partial charge in [-0.25, -0.2) is 22.7 Å². The third kappa shape index (κ3) is 4.09. The van der Waals surface area contributed by atoms with Crippen LogP contribution in [0.2, 0.25) is 5.02 Å². The summed E-state index contributed by atoms with van der Waals surface area (Å²) in [6, 6.07) is 11.3. The van der Waals surface area contributed by atoms with Crippen molar-refractivity contribution in [1.29, 1.82) is 0 Å². The number of anilines is 2. The molecule has 1 N–H and O–H groups in total. The standard InChI is InChI=1S/C23H19ClFN3O4S/c1-23(2,3)13-4-7-15(8-5-13)33(31,32)27-17-10-9-16(24)19-20(17)22(30)28(21(19)29)18-11-6-14(25)12-26-18/h4-12,27H,1-3H3. The number of carbonyl (C=O) groups excluding carboxylic acids is 2. The van der Waals surface area contributed by atoms with Gasteiger partial charge in [0.25, 0.3) is 21.8 Å². The molecule has 1 aliphatic heterocycles. The van der Waals surface area contributed by atoms with Crippen LogP contribution in [0.1, 0.15) is 47.1 Å². The van der Waals surface area contributed by atoms with Crippen LogP contribution in [0.15, 0.2) is 59.6 Å². The number of halogens is 2. The summed E-state index contributed by atoms with van der Waals surface area (Å²) in [5, 5.41) is -0.0227. The van der Waals surface area contributed by atoms with Crippen molar-refractivity contribution in [3.05, 3.63) is 82.3 Å². The number of fused-ring (bicyclic) bond motifs is 1. The first kappa shape index (κ1) is 22.9. The lowest BCUT2D eigenvalue weighted by atomic mass is 9.87. The highest BCUT2D eigenvalue weighted by atomic mass is 35.5. The molecule has 4 rings (SSSR count). The normalized spacial score (nSPS) is 13.9. The van der Waals surface area contributed by atoms with Crippen molar-refractivity contribution in [1.82, 2.24) is 4.98 Å². The summed E-state index contributed by atoms with van der Waals surface area (Å²) < 4.78 is 41.7. The van der Waals surface area contributed by atoms with Gasteiger partial charge < -0.3 is 0 Å². The molecular formula is C23H19ClFN3O4S. The van der Waals surface area contributed by atoms with Crippen LogP contribution in [-0.2, 0) is 15.4 Å². The number of sulfonamides is 1. The van der Waals surface area contributed by atoms with E-state index in [9.17, 15) is 22.4 Å². The fraction of sp³-hybridized carbons (Fsp3) is 0.174. The van der Waals surface area contributed by atoms with Gasteiger partial charge in [0.2, 0.25) is 0 Å². The van der Waals surface area contributed by atoms with E-state index in [1.54, 1.807) is 12.1 Å². The van der Waals surface area contributed by atoms with Gasteiger partial charge in [-0.05, 0) is 47.4 Å². The quantitative estimate of drug-likeness (QED) is 0.534. The lowest BCUT2D eigenvalue weighted by Gasteiger charge is -2.19. The number of hydrogen-bond donors (Lipinski definition) is 1. The molecule has 1 aromatic heterocycles. The number of amides is 2. The summed E-state index contributed by atoms with van der Waals surface area (Å²) in [7, 11) is -4.08. The largest absolute Gasteiger partial charge is 0.279 e. The van der Waals surface area contributed by atoms with Crippen molar-refractivity contribution in [2.75, 3.05) is 9.62 Å². The van der Waals surface area contributed by atoms with E-state index in [-0.39, 0.29) is 38.0 Å². The molecule has 2 heterocycles. The highest BCUT2D eigenvalue weighted by Gasteiger charge is 2.41. The predicted octanol–water partition coefficient (Wildman–Crippen LogP) is 4.77. The van der Waals surface area contributed by atoms with Gasteiger partial charge >= 0.3 is 0 Å². The SMILES string of the molecule is CC(C)(C)c1ccc(S(=O)(=O)Nc2ccc(Cl)c3c2C(=O)N(c2ccc(F)cn2)C3=O)cc1. The number of carbonyl (C=O) groups is 2. The van der Waals surface area contributed by atoms with Gasteiger partial charge in [0, 0.05) is 0 Å². The predicted molar refractivity (Wildman–Crippen MR) is 123 cm³/mol. The molecule has 0 spiro atoms. The van der Waals surface area contributed by atoms with Crippen molar-refractivity contribution in [3.63, 3.8) is 0 Å². The summed E-state index contributed by atoms with van der Waals surface area (Å²) in [6.45, 7) is 6.03. The van der Waals surface area contributed by atoms with Crippen molar-refractivity contribution in [2.45, 2.75) is 31.1 Å². The minimum atomic E-state index is -4.08. The van der Waals surface area contributed by atoms with Gasteiger partial charge in [0.1, 0.15) is 11.6 Å². The topological polar surface area (TPSA) is 96.4 Å². The Morgan fingerprint density at radius 2 is 1.58 bits per heavy atom. The molecule has 2 amide bonds. The van der Waals surface area contributed by atoms with Crippen LogP contribution >= 0.6 is 11.6 Å². The maximum atomic E-state index is 13.2. The molecule has 0 bridgehead atoms. The third-order valence-corrected chi connectivity index (χ3v) is 6.90. The zero-order valence-corrected chi connectivity index (χ0v) is 19.5. The second-order valence-electron chi connectivity index (χ2n) is 8.51. The van der Waals surface area contributed by atoms with Crippen molar-refractivity contribution in [3.8, 4) is 0 Å². The van der Waals surface area contributed by atoms with E-state index in [4.69, 9.17) is 11.6 Å². The second-order valence-corrected chi connectivity index (χ2v) is 10.6. The maximum Gasteiger partial charge on any atom is 0.269 e. The zero-order chi connectivity index (χ0) is 24.1. The molecule has 0 fully saturated rings. The smallest absolute Gasteiger partial charge is 0.269 e. The van der Waals surface area contributed by atoms with E-state index in [2.05, 4.69) is 9.71 Å². The molecule has 0 saturated heterocycles. The highest BCUT2D eigenvalue weighted by Crippen LogP contribution is 2.37. The molecule has 10 heteroatoms. The van der Waals surface area contributed by atoms with Gasteiger partial charge in [-0.15, -0.1) is 0 Å². The van der Waals surface area contributed by atoms with Gasteiger partial charge in [-0.2, -0.15) is 0 Å². The Labute approximate surface area is 195 Å². The minimum Gasteiger partial charge on any atom is -0.279 e. The molecule has 1 aliphatic rings. The van der Waals surface area contributed by atoms with E-state index in [1.807, 2.05) is 20.8 Å². The number of benzene rings is 2. The Balaban J connectivity index is 1.73. The number of imide groups is 1. The lowest BCUT2D eigenvalue weighted by Crippen LogP contribution is -2.30. The molecule has 0 radical (unpaired) electrons. The van der Waals surface area contributed by atoms with Crippen LogP contribution in [0, 0.1) is 5.82 Å². The van der Waals surface area contributed by atoms with Gasteiger partial charge in [-0.1, -0.05) is 44.5 Å². The number of pyridine rings is 1. The highest BCUT2D eigenvalue weighted by molar-refractivity contribution is 7.92. The summed E-state index contributed by atoms with van der Waals surface area (Å²) in [5.74, 6) is -2.35. The van der Waals surface area contributed by atoms with Gasteiger partial charge in [-0.3, -0.25) is 14.3 Å². The first-order chi connectivity index (χ1) is 15.4. The van der Waals surface area contributed by atoms with Crippen LogP contribution in [0.25, 0.3) is 0 Å². The molecule has 7 nitrogen and oxygen atoms in total. The number of nitrogens with one attached hydrogen (secondary N) is 1. The number of aromatic nitrogens is 1. The van der Waals surface area contributed by atoms with E-state index < -0.39 is 27.7 Å². The molecule has 33 heavy (non-hydrogen) atoms. The van der Waals surface area contributed by atoms with Crippen molar-refractivity contribution >= 4 is 44.9 Å². The molecule has 0 saturated carbocycles. The van der Waals surface area contributed by atoms with E-state index in [0.717, 1.165) is 22.7 Å². The first-order valence-electron chi connectivity index (χ1n) is 9.86. The Kier molecular flexibility index (Phi) is 5.50. The Morgan fingerprint density at radius 3 is 2.15 bits per heavy atom. The van der Waals surface area contributed by atoms with Gasteiger partial charge in [0.15, 0.2) is 0 Å². The van der Waals surface area contributed by atoms with Crippen LogP contribution in [0.3, 0.4) is 0 Å². The van der Waals surface area contributed by atoms with Crippen molar-refractivity contribution < 1.29 is 22.4 Å². The number of nitrogens with zero attached hydrogens (tertiary/aromatic N) is 2. The average Bonchev–Trinajstić information content (AvgIpc) is 3.02. The molecule has 170 valence electrons. The van der Waals surface area contributed by atoms with Crippen molar-refractivity contribution in [2.24, 2.45) is 0 Å². The minimum absolute atomic E-state index is 0.00645. The van der Waals surface area contributed by atoms with Gasteiger partial charge in [0.05, 0.1) is 32.9 Å². The average molecular weight is 488 g/mol. The molecule has 0 atom stereocenters. The van der Waals surface area contributed by atoms with Crippen LogP contribution in [0.5, 0.6) is 0 Å². The van der Waals surface area contributed by atoms with Crippen LogP contribution < -0.4 is 9.62 Å². The molecule has 0 unspecified atom stereocenters. The lowest BCUT2D eigenvalue weighted by molar-refractivity contribution is 0.0925. The maximum absolute atomic E-state index is 13.2. The summed E-state index contributed by atoms with van der Waals surface area (Å²) in [6.07, 6.45) is 0.866. The first-order valence-corrected chi connectivity index (χ1v) is 11.7. The van der Waals surface area contributed by atoms with E-state index >= 15 is 0 Å². The monoisotopic (exact) mass is 487 g/mol. The summed E-state index contributed by atoms with van der Waals surface area (Å²) >= 11 is 6.17. The number of rotatable bonds is 4. The van der Waals surface area contributed by atoms with Crippen LogP contribution in [-0.4, -0.2) is 25.2 Å². The molecule has 0 aliphatic carbocycles. The van der Waals surface area contributed by atoms with E-state index in [1.165, 1.54) is 30.3 Å². The Hall–Kier alpha value is -3.30.